The summed E-state index contributed by atoms with van der Waals surface area (Å²) < 4.78 is 2.25. The van der Waals surface area contributed by atoms with Gasteiger partial charge in [0.1, 0.15) is 12.0 Å². The van der Waals surface area contributed by atoms with Crippen molar-refractivity contribution in [1.29, 1.82) is 0 Å². The molecule has 5 heteroatoms. The van der Waals surface area contributed by atoms with E-state index >= 15 is 0 Å². The number of hydrogen-bond acceptors (Lipinski definition) is 4. The molecule has 0 amide bonds. The summed E-state index contributed by atoms with van der Waals surface area (Å²) >= 11 is 0. The summed E-state index contributed by atoms with van der Waals surface area (Å²) in [6.07, 6.45) is 3.88. The summed E-state index contributed by atoms with van der Waals surface area (Å²) in [6.45, 7) is 12.7. The van der Waals surface area contributed by atoms with Gasteiger partial charge >= 0.3 is 0 Å². The highest BCUT2D eigenvalue weighted by Gasteiger charge is 2.20. The Balaban J connectivity index is 2.28. The average molecular weight is 350 g/mol. The molecule has 0 fully saturated rings. The highest BCUT2D eigenvalue weighted by Crippen LogP contribution is 2.32. The van der Waals surface area contributed by atoms with Crippen molar-refractivity contribution < 1.29 is 5.21 Å². The van der Waals surface area contributed by atoms with E-state index in [0.717, 1.165) is 16.7 Å². The molecule has 1 unspecified atom stereocenters. The van der Waals surface area contributed by atoms with Crippen LogP contribution in [0.25, 0.3) is 16.7 Å². The van der Waals surface area contributed by atoms with Gasteiger partial charge in [0.15, 0.2) is 0 Å². The Bertz CT molecular complexity index is 978. The fourth-order valence-corrected chi connectivity index (χ4v) is 3.90. The third-order valence-corrected chi connectivity index (χ3v) is 5.07. The van der Waals surface area contributed by atoms with Gasteiger partial charge in [0.2, 0.25) is 0 Å². The van der Waals surface area contributed by atoms with Crippen LogP contribution in [-0.4, -0.2) is 26.0 Å². The van der Waals surface area contributed by atoms with Gasteiger partial charge in [-0.3, -0.25) is 4.57 Å². The molecule has 0 aliphatic heterocycles. The maximum Gasteiger partial charge on any atom is 0.148 e. The van der Waals surface area contributed by atoms with Crippen LogP contribution in [0.2, 0.25) is 0 Å². The molecule has 0 saturated carbocycles. The molecule has 1 atom stereocenters. The summed E-state index contributed by atoms with van der Waals surface area (Å²) in [6, 6.07) is 4.43. The number of fused-ring (bicyclic) bond motifs is 1. The number of hydrogen-bond donors (Lipinski definition) is 1. The van der Waals surface area contributed by atoms with E-state index in [2.05, 4.69) is 66.4 Å². The third kappa shape index (κ3) is 2.98. The van der Waals surface area contributed by atoms with Crippen molar-refractivity contribution in [2.24, 2.45) is 11.1 Å². The van der Waals surface area contributed by atoms with Crippen LogP contribution in [0, 0.1) is 40.5 Å². The van der Waals surface area contributed by atoms with Crippen LogP contribution in [0.4, 0.5) is 0 Å². The van der Waals surface area contributed by atoms with Crippen LogP contribution in [0.15, 0.2) is 23.6 Å². The van der Waals surface area contributed by atoms with E-state index in [-0.39, 0.29) is 5.92 Å². The molecule has 1 aromatic carbocycles. The quantitative estimate of drug-likeness (QED) is 0.425. The van der Waals surface area contributed by atoms with Crippen molar-refractivity contribution in [3.8, 4) is 5.69 Å². The fourth-order valence-electron chi connectivity index (χ4n) is 3.90. The van der Waals surface area contributed by atoms with Gasteiger partial charge in [-0.25, -0.2) is 9.97 Å². The standard InChI is InChI=1S/C21H26N4O/c1-12-7-14(3)20(15(4)8-12)25-17(6)16(5)19-18(9-13(2)10-24-26)22-11-23-21(19)25/h7-8,10-11,13,26H,9H2,1-6H3. The predicted octanol–water partition coefficient (Wildman–Crippen LogP) is 4.60. The maximum absolute atomic E-state index is 8.80. The Morgan fingerprint density at radius 3 is 2.38 bits per heavy atom. The first-order valence-corrected chi connectivity index (χ1v) is 8.92. The predicted molar refractivity (Wildman–Crippen MR) is 106 cm³/mol. The summed E-state index contributed by atoms with van der Waals surface area (Å²) in [5, 5.41) is 13.1. The third-order valence-electron chi connectivity index (χ3n) is 5.07. The Kier molecular flexibility index (Phi) is 4.81. The lowest BCUT2D eigenvalue weighted by Crippen LogP contribution is -2.06. The van der Waals surface area contributed by atoms with Gasteiger partial charge in [-0.05, 0) is 57.7 Å². The van der Waals surface area contributed by atoms with Crippen molar-refractivity contribution >= 4 is 17.2 Å². The average Bonchev–Trinajstić information content (AvgIpc) is 2.80. The number of benzene rings is 1. The van der Waals surface area contributed by atoms with Crippen LogP contribution in [-0.2, 0) is 6.42 Å². The Hall–Kier alpha value is -2.69. The zero-order valence-electron chi connectivity index (χ0n) is 16.3. The van der Waals surface area contributed by atoms with E-state index in [9.17, 15) is 0 Å². The minimum Gasteiger partial charge on any atom is -0.411 e. The SMILES string of the molecule is Cc1cc(C)c(-n2c(C)c(C)c3c(CC(C)C=NO)ncnc32)c(C)c1. The van der Waals surface area contributed by atoms with Crippen molar-refractivity contribution in [3.05, 3.63) is 52.1 Å². The molecule has 0 radical (unpaired) electrons. The molecule has 2 aromatic heterocycles. The molecule has 5 nitrogen and oxygen atoms in total. The van der Waals surface area contributed by atoms with Crippen molar-refractivity contribution in [3.63, 3.8) is 0 Å². The van der Waals surface area contributed by atoms with E-state index in [1.807, 2.05) is 6.92 Å². The lowest BCUT2D eigenvalue weighted by Gasteiger charge is -2.15. The Morgan fingerprint density at radius 2 is 1.77 bits per heavy atom. The zero-order chi connectivity index (χ0) is 19.0. The van der Waals surface area contributed by atoms with E-state index < -0.39 is 0 Å². The van der Waals surface area contributed by atoms with Gasteiger partial charge in [0, 0.05) is 23.2 Å². The second-order valence-corrected chi connectivity index (χ2v) is 7.26. The lowest BCUT2D eigenvalue weighted by atomic mass is 10.0. The highest BCUT2D eigenvalue weighted by molar-refractivity contribution is 5.86. The molecule has 3 aromatic rings. The van der Waals surface area contributed by atoms with Gasteiger partial charge < -0.3 is 5.21 Å². The summed E-state index contributed by atoms with van der Waals surface area (Å²) in [7, 11) is 0. The number of aryl methyl sites for hydroxylation is 4. The monoisotopic (exact) mass is 350 g/mol. The van der Waals surface area contributed by atoms with Gasteiger partial charge in [-0.2, -0.15) is 0 Å². The number of oxime groups is 1. The van der Waals surface area contributed by atoms with Crippen LogP contribution in [0.1, 0.15) is 40.6 Å². The van der Waals surface area contributed by atoms with Crippen LogP contribution < -0.4 is 0 Å². The number of aromatic nitrogens is 3. The first-order chi connectivity index (χ1) is 12.3. The molecule has 2 heterocycles. The normalized spacial score (nSPS) is 13.0. The van der Waals surface area contributed by atoms with Gasteiger partial charge in [0.25, 0.3) is 0 Å². The van der Waals surface area contributed by atoms with E-state index in [1.165, 1.54) is 33.6 Å². The topological polar surface area (TPSA) is 63.3 Å². The Morgan fingerprint density at radius 1 is 1.12 bits per heavy atom. The molecule has 1 N–H and O–H groups in total. The van der Waals surface area contributed by atoms with Crippen molar-refractivity contribution in [2.75, 3.05) is 0 Å². The minimum absolute atomic E-state index is 0.101. The largest absolute Gasteiger partial charge is 0.411 e. The molecule has 26 heavy (non-hydrogen) atoms. The summed E-state index contributed by atoms with van der Waals surface area (Å²) in [5.74, 6) is 0.101. The van der Waals surface area contributed by atoms with E-state index in [1.54, 1.807) is 12.5 Å². The first kappa shape index (κ1) is 18.1. The smallest absolute Gasteiger partial charge is 0.148 e. The molecule has 0 spiro atoms. The minimum atomic E-state index is 0.101. The zero-order valence-corrected chi connectivity index (χ0v) is 16.3. The fraction of sp³-hybridized carbons (Fsp3) is 0.381. The summed E-state index contributed by atoms with van der Waals surface area (Å²) in [4.78, 5) is 9.16. The Labute approximate surface area is 154 Å². The van der Waals surface area contributed by atoms with Crippen LogP contribution in [0.3, 0.4) is 0 Å². The van der Waals surface area contributed by atoms with Gasteiger partial charge in [0.05, 0.1) is 11.4 Å². The van der Waals surface area contributed by atoms with Crippen LogP contribution in [0.5, 0.6) is 0 Å². The maximum atomic E-state index is 8.80. The number of nitrogens with zero attached hydrogens (tertiary/aromatic N) is 4. The molecule has 136 valence electrons. The van der Waals surface area contributed by atoms with E-state index in [0.29, 0.717) is 6.42 Å². The number of rotatable bonds is 4. The second-order valence-electron chi connectivity index (χ2n) is 7.26. The van der Waals surface area contributed by atoms with Gasteiger partial charge in [-0.1, -0.05) is 24.6 Å². The molecular formula is C21H26N4O. The van der Waals surface area contributed by atoms with E-state index in [4.69, 9.17) is 5.21 Å². The van der Waals surface area contributed by atoms with Crippen LogP contribution >= 0.6 is 0 Å². The molecule has 0 aliphatic rings. The molecule has 3 rings (SSSR count). The lowest BCUT2D eigenvalue weighted by molar-refractivity contribution is 0.318. The van der Waals surface area contributed by atoms with Gasteiger partial charge in [-0.15, -0.1) is 5.16 Å². The second kappa shape index (κ2) is 6.90. The highest BCUT2D eigenvalue weighted by atomic mass is 16.4. The first-order valence-electron chi connectivity index (χ1n) is 8.92. The molecular weight excluding hydrogens is 324 g/mol. The molecule has 0 aliphatic carbocycles. The molecule has 0 saturated heterocycles. The van der Waals surface area contributed by atoms with Crippen molar-refractivity contribution in [1.82, 2.24) is 14.5 Å². The molecule has 0 bridgehead atoms. The summed E-state index contributed by atoms with van der Waals surface area (Å²) in [5.41, 5.74) is 9.25. The van der Waals surface area contributed by atoms with Crippen molar-refractivity contribution in [2.45, 2.75) is 48.0 Å².